The molecule has 1 fully saturated rings. The van der Waals surface area contributed by atoms with Crippen molar-refractivity contribution in [1.29, 1.82) is 0 Å². The summed E-state index contributed by atoms with van der Waals surface area (Å²) in [5.41, 5.74) is 0.938. The average Bonchev–Trinajstić information content (AvgIpc) is 3.02. The Bertz CT molecular complexity index is 636. The maximum Gasteiger partial charge on any atom is 0.240 e. The fraction of sp³-hybridized carbons (Fsp3) is 0.467. The lowest BCUT2D eigenvalue weighted by atomic mass is 10.1. The molecule has 1 aromatic carbocycles. The van der Waals surface area contributed by atoms with E-state index in [1.807, 2.05) is 0 Å². The Morgan fingerprint density at radius 3 is 2.45 bits per heavy atom. The van der Waals surface area contributed by atoms with Gasteiger partial charge in [0.2, 0.25) is 10.0 Å². The fourth-order valence-corrected chi connectivity index (χ4v) is 3.16. The number of hydrogen-bond acceptors (Lipinski definition) is 3. The van der Waals surface area contributed by atoms with Gasteiger partial charge in [0.1, 0.15) is 6.61 Å². The van der Waals surface area contributed by atoms with Crippen molar-refractivity contribution in [3.63, 3.8) is 0 Å². The number of rotatable bonds is 4. The van der Waals surface area contributed by atoms with E-state index in [9.17, 15) is 8.42 Å². The first kappa shape index (κ1) is 15.0. The molecule has 1 aromatic rings. The second kappa shape index (κ2) is 5.57. The van der Waals surface area contributed by atoms with E-state index in [-0.39, 0.29) is 16.9 Å². The lowest BCUT2D eigenvalue weighted by molar-refractivity contribution is 0.350. The van der Waals surface area contributed by atoms with E-state index >= 15 is 0 Å². The maximum atomic E-state index is 12.1. The quantitative estimate of drug-likeness (QED) is 0.824. The third-order valence-corrected chi connectivity index (χ3v) is 5.15. The van der Waals surface area contributed by atoms with Crippen molar-refractivity contribution in [3.8, 4) is 11.8 Å². The summed E-state index contributed by atoms with van der Waals surface area (Å²) in [6.45, 7) is 4.56. The zero-order valence-corrected chi connectivity index (χ0v) is 12.5. The SMILES string of the molecule is CC1(C)CC1CNS(=O)(=O)c1ccc(C#CCO)cc1. The Kier molecular flexibility index (Phi) is 4.19. The largest absolute Gasteiger partial charge is 0.384 e. The van der Waals surface area contributed by atoms with Crippen molar-refractivity contribution in [1.82, 2.24) is 4.72 Å². The summed E-state index contributed by atoms with van der Waals surface area (Å²) in [6.07, 6.45) is 1.06. The summed E-state index contributed by atoms with van der Waals surface area (Å²) in [5, 5.41) is 8.60. The molecule has 0 radical (unpaired) electrons. The Hall–Kier alpha value is -1.35. The molecular formula is C15H19NO3S. The average molecular weight is 293 g/mol. The molecule has 0 saturated heterocycles. The van der Waals surface area contributed by atoms with Crippen LogP contribution in [0.1, 0.15) is 25.8 Å². The summed E-state index contributed by atoms with van der Waals surface area (Å²) in [6, 6.07) is 6.33. The van der Waals surface area contributed by atoms with Crippen LogP contribution in [0.25, 0.3) is 0 Å². The predicted octanol–water partition coefficient (Wildman–Crippen LogP) is 1.35. The molecule has 1 saturated carbocycles. The summed E-state index contributed by atoms with van der Waals surface area (Å²) in [4.78, 5) is 0.241. The summed E-state index contributed by atoms with van der Waals surface area (Å²) < 4.78 is 26.9. The number of sulfonamides is 1. The molecule has 1 unspecified atom stereocenters. The van der Waals surface area contributed by atoms with E-state index in [2.05, 4.69) is 30.4 Å². The molecular weight excluding hydrogens is 274 g/mol. The van der Waals surface area contributed by atoms with Crippen LogP contribution >= 0.6 is 0 Å². The molecule has 0 heterocycles. The minimum absolute atomic E-state index is 0.210. The van der Waals surface area contributed by atoms with Crippen LogP contribution in [0.4, 0.5) is 0 Å². The van der Waals surface area contributed by atoms with Crippen LogP contribution < -0.4 is 4.72 Å². The van der Waals surface area contributed by atoms with Crippen LogP contribution in [0, 0.1) is 23.2 Å². The normalized spacial score (nSPS) is 20.1. The summed E-state index contributed by atoms with van der Waals surface area (Å²) in [5.74, 6) is 5.67. The van der Waals surface area contributed by atoms with Gasteiger partial charge in [0.25, 0.3) is 0 Å². The molecule has 0 aliphatic heterocycles. The van der Waals surface area contributed by atoms with E-state index in [4.69, 9.17) is 5.11 Å². The van der Waals surface area contributed by atoms with Gasteiger partial charge in [0.05, 0.1) is 4.90 Å². The van der Waals surface area contributed by atoms with Crippen LogP contribution in [0.2, 0.25) is 0 Å². The van der Waals surface area contributed by atoms with E-state index in [0.717, 1.165) is 6.42 Å². The van der Waals surface area contributed by atoms with Gasteiger partial charge in [0.15, 0.2) is 0 Å². The second-order valence-corrected chi connectivity index (χ2v) is 7.49. The number of aliphatic hydroxyl groups is 1. The van der Waals surface area contributed by atoms with Gasteiger partial charge < -0.3 is 5.11 Å². The molecule has 1 aliphatic carbocycles. The van der Waals surface area contributed by atoms with Crippen LogP contribution in [-0.2, 0) is 10.0 Å². The first-order valence-electron chi connectivity index (χ1n) is 6.55. The molecule has 4 nitrogen and oxygen atoms in total. The van der Waals surface area contributed by atoms with Crippen LogP contribution in [0.15, 0.2) is 29.2 Å². The first-order valence-corrected chi connectivity index (χ1v) is 8.03. The lowest BCUT2D eigenvalue weighted by Gasteiger charge is -2.08. The molecule has 0 amide bonds. The minimum Gasteiger partial charge on any atom is -0.384 e. The number of nitrogens with one attached hydrogen (secondary N) is 1. The third kappa shape index (κ3) is 3.60. The standard InChI is InChI=1S/C15H19NO3S/c1-15(2)10-13(15)11-16-20(18,19)14-7-5-12(6-8-14)4-3-9-17/h5-8,13,16-17H,9-11H2,1-2H3. The van der Waals surface area contributed by atoms with Crippen molar-refractivity contribution < 1.29 is 13.5 Å². The van der Waals surface area contributed by atoms with Crippen molar-refractivity contribution in [2.75, 3.05) is 13.2 Å². The van der Waals surface area contributed by atoms with E-state index in [1.54, 1.807) is 12.1 Å². The first-order chi connectivity index (χ1) is 9.35. The predicted molar refractivity (Wildman–Crippen MR) is 77.5 cm³/mol. The molecule has 0 aromatic heterocycles. The number of hydrogen-bond donors (Lipinski definition) is 2. The van der Waals surface area contributed by atoms with Gasteiger partial charge in [-0.25, -0.2) is 13.1 Å². The molecule has 20 heavy (non-hydrogen) atoms. The Labute approximate surface area is 120 Å². The van der Waals surface area contributed by atoms with E-state index in [0.29, 0.717) is 18.0 Å². The second-order valence-electron chi connectivity index (χ2n) is 5.73. The van der Waals surface area contributed by atoms with Crippen LogP contribution in [0.5, 0.6) is 0 Å². The van der Waals surface area contributed by atoms with Crippen molar-refractivity contribution in [3.05, 3.63) is 29.8 Å². The Balaban J connectivity index is 2.02. The van der Waals surface area contributed by atoms with E-state index in [1.165, 1.54) is 12.1 Å². The van der Waals surface area contributed by atoms with Crippen LogP contribution in [0.3, 0.4) is 0 Å². The monoisotopic (exact) mass is 293 g/mol. The molecule has 2 N–H and O–H groups in total. The van der Waals surface area contributed by atoms with Gasteiger partial charge in [-0.3, -0.25) is 0 Å². The molecule has 2 rings (SSSR count). The van der Waals surface area contributed by atoms with Crippen molar-refractivity contribution in [2.45, 2.75) is 25.2 Å². The van der Waals surface area contributed by atoms with Gasteiger partial charge in [-0.2, -0.15) is 0 Å². The third-order valence-electron chi connectivity index (χ3n) is 3.71. The highest BCUT2D eigenvalue weighted by atomic mass is 32.2. The molecule has 1 aliphatic rings. The van der Waals surface area contributed by atoms with Crippen LogP contribution in [-0.4, -0.2) is 26.7 Å². The molecule has 0 bridgehead atoms. The van der Waals surface area contributed by atoms with Crippen molar-refractivity contribution in [2.24, 2.45) is 11.3 Å². The van der Waals surface area contributed by atoms with Crippen molar-refractivity contribution >= 4 is 10.0 Å². The molecule has 1 atom stereocenters. The number of benzene rings is 1. The maximum absolute atomic E-state index is 12.1. The minimum atomic E-state index is -3.45. The van der Waals surface area contributed by atoms with E-state index < -0.39 is 10.0 Å². The molecule has 5 heteroatoms. The molecule has 0 spiro atoms. The highest BCUT2D eigenvalue weighted by Crippen LogP contribution is 2.51. The van der Waals surface area contributed by atoms with Gasteiger partial charge in [0, 0.05) is 12.1 Å². The summed E-state index contributed by atoms with van der Waals surface area (Å²) >= 11 is 0. The zero-order valence-electron chi connectivity index (χ0n) is 11.7. The zero-order chi connectivity index (χ0) is 14.8. The highest BCUT2D eigenvalue weighted by Gasteiger charge is 2.45. The van der Waals surface area contributed by atoms with Gasteiger partial charge in [-0.1, -0.05) is 25.7 Å². The number of aliphatic hydroxyl groups excluding tert-OH is 1. The van der Waals surface area contributed by atoms with Gasteiger partial charge in [-0.15, -0.1) is 0 Å². The lowest BCUT2D eigenvalue weighted by Crippen LogP contribution is -2.26. The Morgan fingerprint density at radius 2 is 1.95 bits per heavy atom. The van der Waals surface area contributed by atoms with Gasteiger partial charge >= 0.3 is 0 Å². The highest BCUT2D eigenvalue weighted by molar-refractivity contribution is 7.89. The topological polar surface area (TPSA) is 66.4 Å². The molecule has 108 valence electrons. The smallest absolute Gasteiger partial charge is 0.240 e. The Morgan fingerprint density at radius 1 is 1.35 bits per heavy atom. The van der Waals surface area contributed by atoms with Gasteiger partial charge in [-0.05, 0) is 42.0 Å². The fourth-order valence-electron chi connectivity index (χ4n) is 2.08. The summed E-state index contributed by atoms with van der Waals surface area (Å²) in [7, 11) is -3.45.